The molecule has 1 unspecified atom stereocenters. The highest BCUT2D eigenvalue weighted by Gasteiger charge is 2.23. The molecule has 2 rings (SSSR count). The summed E-state index contributed by atoms with van der Waals surface area (Å²) in [6.45, 7) is 4.37. The third kappa shape index (κ3) is 3.89. The molecule has 1 fully saturated rings. The first-order valence-electron chi connectivity index (χ1n) is 7.38. The summed E-state index contributed by atoms with van der Waals surface area (Å²) >= 11 is 0. The van der Waals surface area contributed by atoms with Gasteiger partial charge in [-0.25, -0.2) is 4.79 Å². The van der Waals surface area contributed by atoms with Gasteiger partial charge in [0.15, 0.2) is 0 Å². The Morgan fingerprint density at radius 1 is 1.50 bits per heavy atom. The van der Waals surface area contributed by atoms with Crippen molar-refractivity contribution in [1.82, 2.24) is 10.2 Å². The lowest BCUT2D eigenvalue weighted by Crippen LogP contribution is -2.45. The fourth-order valence-corrected chi connectivity index (χ4v) is 2.81. The number of methoxy groups -OCH3 is 1. The number of ether oxygens (including phenoxy) is 1. The van der Waals surface area contributed by atoms with E-state index in [2.05, 4.69) is 17.4 Å². The predicted molar refractivity (Wildman–Crippen MR) is 80.1 cm³/mol. The molecule has 0 spiro atoms. The molecule has 4 heteroatoms. The van der Waals surface area contributed by atoms with Crippen molar-refractivity contribution in [2.45, 2.75) is 26.2 Å². The summed E-state index contributed by atoms with van der Waals surface area (Å²) < 4.78 is 5.26. The fraction of sp³-hybridized carbons (Fsp3) is 0.562. The van der Waals surface area contributed by atoms with Gasteiger partial charge < -0.3 is 15.0 Å². The van der Waals surface area contributed by atoms with Crippen LogP contribution in [0.4, 0.5) is 4.79 Å². The molecule has 0 aliphatic carbocycles. The van der Waals surface area contributed by atoms with E-state index in [0.717, 1.165) is 31.7 Å². The van der Waals surface area contributed by atoms with Crippen LogP contribution < -0.4 is 10.1 Å². The molecule has 0 saturated carbocycles. The van der Waals surface area contributed by atoms with Crippen LogP contribution in [0, 0.1) is 5.92 Å². The smallest absolute Gasteiger partial charge is 0.317 e. The molecule has 110 valence electrons. The number of nitrogens with one attached hydrogen (secondary N) is 1. The highest BCUT2D eigenvalue weighted by atomic mass is 16.5. The molecule has 1 atom stereocenters. The first-order valence-corrected chi connectivity index (χ1v) is 7.38. The number of carbonyl (C=O) groups is 1. The molecule has 1 aromatic rings. The minimum Gasteiger partial charge on any atom is -0.497 e. The van der Waals surface area contributed by atoms with Crippen molar-refractivity contribution < 1.29 is 9.53 Å². The minimum atomic E-state index is 0.0721. The van der Waals surface area contributed by atoms with E-state index in [1.807, 2.05) is 24.0 Å². The molecule has 0 radical (unpaired) electrons. The van der Waals surface area contributed by atoms with E-state index in [0.29, 0.717) is 12.5 Å². The van der Waals surface area contributed by atoms with Crippen LogP contribution in [-0.2, 0) is 6.42 Å². The maximum atomic E-state index is 11.9. The first-order chi connectivity index (χ1) is 9.72. The van der Waals surface area contributed by atoms with E-state index < -0.39 is 0 Å². The van der Waals surface area contributed by atoms with Crippen LogP contribution in [-0.4, -0.2) is 37.7 Å². The molecule has 4 nitrogen and oxygen atoms in total. The molecule has 1 heterocycles. The first kappa shape index (κ1) is 14.7. The zero-order valence-corrected chi connectivity index (χ0v) is 12.4. The molecule has 0 bridgehead atoms. The van der Waals surface area contributed by atoms with Crippen LogP contribution in [0.5, 0.6) is 5.75 Å². The van der Waals surface area contributed by atoms with Crippen molar-refractivity contribution in [1.29, 1.82) is 0 Å². The molecule has 2 amide bonds. The quantitative estimate of drug-likeness (QED) is 0.918. The summed E-state index contributed by atoms with van der Waals surface area (Å²) in [5.41, 5.74) is 1.28. The van der Waals surface area contributed by atoms with Gasteiger partial charge in [0.25, 0.3) is 0 Å². The van der Waals surface area contributed by atoms with Crippen molar-refractivity contribution in [3.63, 3.8) is 0 Å². The van der Waals surface area contributed by atoms with Gasteiger partial charge in [0.05, 0.1) is 7.11 Å². The van der Waals surface area contributed by atoms with E-state index in [1.165, 1.54) is 12.0 Å². The Morgan fingerprint density at radius 3 is 3.10 bits per heavy atom. The fourth-order valence-electron chi connectivity index (χ4n) is 2.81. The van der Waals surface area contributed by atoms with Crippen molar-refractivity contribution in [2.75, 3.05) is 26.7 Å². The maximum Gasteiger partial charge on any atom is 0.317 e. The second-order valence-corrected chi connectivity index (χ2v) is 5.35. The van der Waals surface area contributed by atoms with Crippen molar-refractivity contribution >= 4 is 6.03 Å². The SMILES string of the molecule is CCNC(=O)N1CCCC(Cc2cccc(OC)c2)C1. The number of hydrogen-bond donors (Lipinski definition) is 1. The van der Waals surface area contributed by atoms with Crippen LogP contribution >= 0.6 is 0 Å². The summed E-state index contributed by atoms with van der Waals surface area (Å²) in [5.74, 6) is 1.44. The molecular formula is C16H24N2O2. The monoisotopic (exact) mass is 276 g/mol. The molecule has 20 heavy (non-hydrogen) atoms. The Balaban J connectivity index is 1.93. The Morgan fingerprint density at radius 2 is 2.35 bits per heavy atom. The zero-order chi connectivity index (χ0) is 14.4. The van der Waals surface area contributed by atoms with Crippen molar-refractivity contribution in [3.05, 3.63) is 29.8 Å². The molecule has 1 aliphatic heterocycles. The van der Waals surface area contributed by atoms with Crippen LogP contribution in [0.3, 0.4) is 0 Å². The highest BCUT2D eigenvalue weighted by Crippen LogP contribution is 2.22. The van der Waals surface area contributed by atoms with Gasteiger partial charge in [-0.3, -0.25) is 0 Å². The Kier molecular flexibility index (Phi) is 5.27. The van der Waals surface area contributed by atoms with Crippen LogP contribution in [0.1, 0.15) is 25.3 Å². The van der Waals surface area contributed by atoms with E-state index in [9.17, 15) is 4.79 Å². The Labute approximate surface area is 121 Å². The van der Waals surface area contributed by atoms with Gasteiger partial charge in [0.2, 0.25) is 0 Å². The lowest BCUT2D eigenvalue weighted by molar-refractivity contribution is 0.165. The normalized spacial score (nSPS) is 18.7. The Bertz CT molecular complexity index is 448. The molecule has 0 aromatic heterocycles. The van der Waals surface area contributed by atoms with Crippen LogP contribution in [0.15, 0.2) is 24.3 Å². The number of carbonyl (C=O) groups excluding carboxylic acids is 1. The van der Waals surface area contributed by atoms with Gasteiger partial charge in [-0.2, -0.15) is 0 Å². The average molecular weight is 276 g/mol. The van der Waals surface area contributed by atoms with E-state index in [1.54, 1.807) is 7.11 Å². The minimum absolute atomic E-state index is 0.0721. The third-order valence-electron chi connectivity index (χ3n) is 3.79. The summed E-state index contributed by atoms with van der Waals surface area (Å²) in [6.07, 6.45) is 3.28. The highest BCUT2D eigenvalue weighted by molar-refractivity contribution is 5.74. The van der Waals surface area contributed by atoms with E-state index >= 15 is 0 Å². The number of likely N-dealkylation sites (tertiary alicyclic amines) is 1. The van der Waals surface area contributed by atoms with Gasteiger partial charge in [-0.05, 0) is 49.8 Å². The number of benzene rings is 1. The number of urea groups is 1. The number of hydrogen-bond acceptors (Lipinski definition) is 2. The largest absolute Gasteiger partial charge is 0.497 e. The van der Waals surface area contributed by atoms with Gasteiger partial charge in [-0.15, -0.1) is 0 Å². The summed E-state index contributed by atoms with van der Waals surface area (Å²) in [7, 11) is 1.69. The second-order valence-electron chi connectivity index (χ2n) is 5.35. The number of amides is 2. The maximum absolute atomic E-state index is 11.9. The number of rotatable bonds is 4. The van der Waals surface area contributed by atoms with Gasteiger partial charge in [0, 0.05) is 19.6 Å². The second kappa shape index (κ2) is 7.17. The van der Waals surface area contributed by atoms with Crippen molar-refractivity contribution in [2.24, 2.45) is 5.92 Å². The molecule has 1 N–H and O–H groups in total. The summed E-state index contributed by atoms with van der Waals surface area (Å²) in [5, 5.41) is 2.88. The topological polar surface area (TPSA) is 41.6 Å². The van der Waals surface area contributed by atoms with Gasteiger partial charge >= 0.3 is 6.03 Å². The standard InChI is InChI=1S/C16H24N2O2/c1-3-17-16(19)18-9-5-7-14(12-18)10-13-6-4-8-15(11-13)20-2/h4,6,8,11,14H,3,5,7,9-10,12H2,1-2H3,(H,17,19). The van der Waals surface area contributed by atoms with Crippen LogP contribution in [0.25, 0.3) is 0 Å². The number of piperidine rings is 1. The molecule has 1 saturated heterocycles. The summed E-state index contributed by atoms with van der Waals surface area (Å²) in [4.78, 5) is 13.8. The van der Waals surface area contributed by atoms with E-state index in [-0.39, 0.29) is 6.03 Å². The molecule has 1 aliphatic rings. The van der Waals surface area contributed by atoms with Gasteiger partial charge in [-0.1, -0.05) is 12.1 Å². The average Bonchev–Trinajstić information content (AvgIpc) is 2.48. The van der Waals surface area contributed by atoms with E-state index in [4.69, 9.17) is 4.74 Å². The number of nitrogens with zero attached hydrogens (tertiary/aromatic N) is 1. The summed E-state index contributed by atoms with van der Waals surface area (Å²) in [6, 6.07) is 8.28. The lowest BCUT2D eigenvalue weighted by atomic mass is 9.91. The van der Waals surface area contributed by atoms with Crippen LogP contribution in [0.2, 0.25) is 0 Å². The van der Waals surface area contributed by atoms with Crippen molar-refractivity contribution in [3.8, 4) is 5.75 Å². The molecule has 1 aromatic carbocycles. The van der Waals surface area contributed by atoms with Gasteiger partial charge in [0.1, 0.15) is 5.75 Å². The zero-order valence-electron chi connectivity index (χ0n) is 12.4. The molecular weight excluding hydrogens is 252 g/mol. The Hall–Kier alpha value is -1.71. The third-order valence-corrected chi connectivity index (χ3v) is 3.79. The predicted octanol–water partition coefficient (Wildman–Crippen LogP) is 2.68. The lowest BCUT2D eigenvalue weighted by Gasteiger charge is -2.32.